The van der Waals surface area contributed by atoms with Crippen LogP contribution in [0.4, 0.5) is 4.39 Å². The maximum absolute atomic E-state index is 11.8. The second kappa shape index (κ2) is 9.81. The minimum Gasteiger partial charge on any atom is -0.294 e. The molecule has 0 aliphatic heterocycles. The fourth-order valence-electron chi connectivity index (χ4n) is 2.03. The average molecular weight is 250 g/mol. The highest BCUT2D eigenvalue weighted by molar-refractivity contribution is 5.95. The maximum atomic E-state index is 11.8. The minimum atomic E-state index is -0.189. The summed E-state index contributed by atoms with van der Waals surface area (Å²) in [6, 6.07) is 9.48. The molecule has 0 radical (unpaired) electrons. The summed E-state index contributed by atoms with van der Waals surface area (Å²) in [4.78, 5) is 11.8. The Labute approximate surface area is 109 Å². The van der Waals surface area contributed by atoms with E-state index in [1.807, 2.05) is 30.3 Å². The minimum absolute atomic E-state index is 0.189. The van der Waals surface area contributed by atoms with Gasteiger partial charge in [-0.2, -0.15) is 0 Å². The van der Waals surface area contributed by atoms with Crippen molar-refractivity contribution in [1.82, 2.24) is 0 Å². The van der Waals surface area contributed by atoms with E-state index in [9.17, 15) is 9.18 Å². The Morgan fingerprint density at radius 2 is 1.39 bits per heavy atom. The van der Waals surface area contributed by atoms with Crippen LogP contribution in [0.3, 0.4) is 0 Å². The lowest BCUT2D eigenvalue weighted by Gasteiger charge is -2.02. The third-order valence-electron chi connectivity index (χ3n) is 3.13. The molecule has 100 valence electrons. The Balaban J connectivity index is 2.00. The predicted molar refractivity (Wildman–Crippen MR) is 73.7 cm³/mol. The maximum Gasteiger partial charge on any atom is 0.162 e. The molecule has 0 N–H and O–H groups in total. The molecule has 0 saturated heterocycles. The summed E-state index contributed by atoms with van der Waals surface area (Å²) in [5.74, 6) is 0.244. The third kappa shape index (κ3) is 6.53. The van der Waals surface area contributed by atoms with Gasteiger partial charge in [-0.1, -0.05) is 62.4 Å². The number of ketones is 1. The van der Waals surface area contributed by atoms with E-state index in [0.717, 1.165) is 37.7 Å². The Morgan fingerprint density at radius 1 is 0.833 bits per heavy atom. The lowest BCUT2D eigenvalue weighted by molar-refractivity contribution is 0.0979. The lowest BCUT2D eigenvalue weighted by atomic mass is 10.0. The van der Waals surface area contributed by atoms with Gasteiger partial charge in [-0.05, 0) is 12.8 Å². The van der Waals surface area contributed by atoms with Gasteiger partial charge in [-0.25, -0.2) is 0 Å². The van der Waals surface area contributed by atoms with Gasteiger partial charge in [0.25, 0.3) is 0 Å². The average Bonchev–Trinajstić information content (AvgIpc) is 2.42. The second-order valence-electron chi connectivity index (χ2n) is 4.70. The van der Waals surface area contributed by atoms with Crippen LogP contribution in [0.2, 0.25) is 0 Å². The van der Waals surface area contributed by atoms with Crippen LogP contribution < -0.4 is 0 Å². The van der Waals surface area contributed by atoms with Crippen molar-refractivity contribution >= 4 is 5.78 Å². The number of benzene rings is 1. The molecule has 0 atom stereocenters. The Hall–Kier alpha value is -1.18. The summed E-state index contributed by atoms with van der Waals surface area (Å²) in [6.45, 7) is -0.189. The number of rotatable bonds is 10. The van der Waals surface area contributed by atoms with Crippen molar-refractivity contribution in [3.8, 4) is 0 Å². The molecule has 1 aromatic rings. The second-order valence-corrected chi connectivity index (χ2v) is 4.70. The Kier molecular flexibility index (Phi) is 8.11. The molecule has 0 amide bonds. The van der Waals surface area contributed by atoms with Crippen LogP contribution in [0.1, 0.15) is 61.7 Å². The van der Waals surface area contributed by atoms with Crippen molar-refractivity contribution in [3.05, 3.63) is 35.9 Å². The Morgan fingerprint density at radius 3 is 2.00 bits per heavy atom. The fourth-order valence-corrected chi connectivity index (χ4v) is 2.03. The number of hydrogen-bond donors (Lipinski definition) is 0. The van der Waals surface area contributed by atoms with E-state index in [2.05, 4.69) is 0 Å². The summed E-state index contributed by atoms with van der Waals surface area (Å²) in [5.41, 5.74) is 0.820. The summed E-state index contributed by atoms with van der Waals surface area (Å²) in [6.07, 6.45) is 7.87. The van der Waals surface area contributed by atoms with E-state index >= 15 is 0 Å². The number of carbonyl (C=O) groups is 1. The van der Waals surface area contributed by atoms with Gasteiger partial charge < -0.3 is 0 Å². The first-order chi connectivity index (χ1) is 8.84. The van der Waals surface area contributed by atoms with Crippen LogP contribution in [0.25, 0.3) is 0 Å². The van der Waals surface area contributed by atoms with E-state index in [4.69, 9.17) is 0 Å². The molecule has 0 saturated carbocycles. The van der Waals surface area contributed by atoms with Crippen LogP contribution in [0, 0.1) is 0 Å². The molecular weight excluding hydrogens is 227 g/mol. The third-order valence-corrected chi connectivity index (χ3v) is 3.13. The zero-order valence-corrected chi connectivity index (χ0v) is 11.0. The van der Waals surface area contributed by atoms with E-state index in [1.165, 1.54) is 6.42 Å². The molecule has 0 aromatic heterocycles. The van der Waals surface area contributed by atoms with Crippen LogP contribution in [0.5, 0.6) is 0 Å². The van der Waals surface area contributed by atoms with Crippen molar-refractivity contribution in [2.45, 2.75) is 51.4 Å². The molecule has 0 fully saturated rings. The van der Waals surface area contributed by atoms with Crippen molar-refractivity contribution < 1.29 is 9.18 Å². The van der Waals surface area contributed by atoms with E-state index in [1.54, 1.807) is 0 Å². The number of unbranched alkanes of at least 4 members (excludes halogenated alkanes) is 6. The molecule has 0 aliphatic carbocycles. The highest BCUT2D eigenvalue weighted by atomic mass is 19.1. The van der Waals surface area contributed by atoms with Crippen molar-refractivity contribution in [3.63, 3.8) is 0 Å². The van der Waals surface area contributed by atoms with Gasteiger partial charge in [0.2, 0.25) is 0 Å². The lowest BCUT2D eigenvalue weighted by Crippen LogP contribution is -1.98. The van der Waals surface area contributed by atoms with Crippen molar-refractivity contribution in [1.29, 1.82) is 0 Å². The van der Waals surface area contributed by atoms with Crippen molar-refractivity contribution in [2.24, 2.45) is 0 Å². The number of halogens is 1. The highest BCUT2D eigenvalue weighted by Crippen LogP contribution is 2.11. The molecule has 1 nitrogen and oxygen atoms in total. The van der Waals surface area contributed by atoms with Crippen LogP contribution >= 0.6 is 0 Å². The number of carbonyl (C=O) groups excluding carboxylic acids is 1. The number of hydrogen-bond acceptors (Lipinski definition) is 1. The molecule has 0 heterocycles. The van der Waals surface area contributed by atoms with E-state index in [0.29, 0.717) is 12.8 Å². The van der Waals surface area contributed by atoms with Gasteiger partial charge in [0, 0.05) is 12.0 Å². The van der Waals surface area contributed by atoms with E-state index in [-0.39, 0.29) is 12.5 Å². The molecular formula is C16H23FO. The van der Waals surface area contributed by atoms with Crippen molar-refractivity contribution in [2.75, 3.05) is 6.67 Å². The summed E-state index contributed by atoms with van der Waals surface area (Å²) >= 11 is 0. The number of alkyl halides is 1. The molecule has 0 bridgehead atoms. The standard InChI is InChI=1S/C16H23FO/c17-14-10-5-3-1-2-4-9-13-16(18)15-11-7-6-8-12-15/h6-8,11-12H,1-5,9-10,13-14H2. The van der Waals surface area contributed by atoms with Crippen LogP contribution in [0.15, 0.2) is 30.3 Å². The largest absolute Gasteiger partial charge is 0.294 e. The first-order valence-corrected chi connectivity index (χ1v) is 6.99. The predicted octanol–water partition coefficient (Wildman–Crippen LogP) is 4.96. The van der Waals surface area contributed by atoms with Gasteiger partial charge in [0.05, 0.1) is 6.67 Å². The summed E-state index contributed by atoms with van der Waals surface area (Å²) in [5, 5.41) is 0. The van der Waals surface area contributed by atoms with Gasteiger partial charge >= 0.3 is 0 Å². The smallest absolute Gasteiger partial charge is 0.162 e. The zero-order valence-electron chi connectivity index (χ0n) is 11.0. The van der Waals surface area contributed by atoms with Crippen LogP contribution in [-0.2, 0) is 0 Å². The summed E-state index contributed by atoms with van der Waals surface area (Å²) in [7, 11) is 0. The molecule has 2 heteroatoms. The normalized spacial score (nSPS) is 10.5. The topological polar surface area (TPSA) is 17.1 Å². The van der Waals surface area contributed by atoms with E-state index < -0.39 is 0 Å². The highest BCUT2D eigenvalue weighted by Gasteiger charge is 2.03. The monoisotopic (exact) mass is 250 g/mol. The van der Waals surface area contributed by atoms with Gasteiger partial charge in [0.1, 0.15) is 0 Å². The molecule has 18 heavy (non-hydrogen) atoms. The first-order valence-electron chi connectivity index (χ1n) is 6.99. The quantitative estimate of drug-likeness (QED) is 0.423. The van der Waals surface area contributed by atoms with Gasteiger partial charge in [-0.3, -0.25) is 9.18 Å². The number of Topliss-reactive ketones (excluding diaryl/α,β-unsaturated/α-hetero) is 1. The molecule has 0 aliphatic rings. The Bertz CT molecular complexity index is 321. The molecule has 0 unspecified atom stereocenters. The fraction of sp³-hybridized carbons (Fsp3) is 0.562. The zero-order chi connectivity index (χ0) is 13.1. The van der Waals surface area contributed by atoms with Crippen LogP contribution in [-0.4, -0.2) is 12.5 Å². The van der Waals surface area contributed by atoms with Gasteiger partial charge in [-0.15, -0.1) is 0 Å². The first kappa shape index (κ1) is 14.9. The summed E-state index contributed by atoms with van der Waals surface area (Å²) < 4.78 is 11.8. The molecule has 0 spiro atoms. The van der Waals surface area contributed by atoms with Gasteiger partial charge in [0.15, 0.2) is 5.78 Å². The SMILES string of the molecule is O=C(CCCCCCCCCF)c1ccccc1. The molecule has 1 aromatic carbocycles. The molecule has 1 rings (SSSR count).